The number of rotatable bonds is 3. The molecule has 0 radical (unpaired) electrons. The SMILES string of the molecule is CC(C)Cc1ccccc1N(O)O. The smallest absolute Gasteiger partial charge is 0.0974 e. The normalized spacial score (nSPS) is 10.5. The molecule has 0 aliphatic carbocycles. The van der Waals surface area contributed by atoms with E-state index in [0.717, 1.165) is 12.0 Å². The quantitative estimate of drug-likeness (QED) is 0.704. The van der Waals surface area contributed by atoms with Gasteiger partial charge < -0.3 is 0 Å². The highest BCUT2D eigenvalue weighted by Gasteiger charge is 2.07. The molecule has 0 heterocycles. The van der Waals surface area contributed by atoms with Crippen molar-refractivity contribution in [1.29, 1.82) is 0 Å². The predicted octanol–water partition coefficient (Wildman–Crippen LogP) is 2.47. The molecule has 1 rings (SSSR count). The minimum absolute atomic E-state index is 0.178. The topological polar surface area (TPSA) is 43.7 Å². The molecule has 2 N–H and O–H groups in total. The molecule has 0 spiro atoms. The van der Waals surface area contributed by atoms with E-state index in [4.69, 9.17) is 10.4 Å². The van der Waals surface area contributed by atoms with Crippen LogP contribution in [0.5, 0.6) is 0 Å². The van der Waals surface area contributed by atoms with E-state index in [9.17, 15) is 0 Å². The molecule has 0 aliphatic rings. The Bertz CT molecular complexity index is 271. The van der Waals surface area contributed by atoms with E-state index >= 15 is 0 Å². The Hall–Kier alpha value is -1.06. The lowest BCUT2D eigenvalue weighted by Gasteiger charge is -2.14. The Morgan fingerprint density at radius 1 is 1.23 bits per heavy atom. The molecule has 0 bridgehead atoms. The van der Waals surface area contributed by atoms with Crippen LogP contribution in [0.2, 0.25) is 0 Å². The van der Waals surface area contributed by atoms with Crippen LogP contribution < -0.4 is 5.23 Å². The van der Waals surface area contributed by atoms with Gasteiger partial charge in [-0.3, -0.25) is 10.4 Å². The first-order valence-electron chi connectivity index (χ1n) is 4.37. The van der Waals surface area contributed by atoms with Gasteiger partial charge in [-0.2, -0.15) is 0 Å². The van der Waals surface area contributed by atoms with Crippen LogP contribution in [0.1, 0.15) is 19.4 Å². The standard InChI is InChI=1S/C10H15NO2/c1-8(2)7-9-5-3-4-6-10(9)11(12)13/h3-6,8,12-13H,7H2,1-2H3. The van der Waals surface area contributed by atoms with Gasteiger partial charge in [0.1, 0.15) is 0 Å². The van der Waals surface area contributed by atoms with Crippen molar-refractivity contribution in [2.75, 3.05) is 5.23 Å². The summed E-state index contributed by atoms with van der Waals surface area (Å²) in [4.78, 5) is 0. The lowest BCUT2D eigenvalue weighted by Crippen LogP contribution is -2.13. The Balaban J connectivity index is 2.91. The van der Waals surface area contributed by atoms with Gasteiger partial charge >= 0.3 is 0 Å². The van der Waals surface area contributed by atoms with Gasteiger partial charge in [0.25, 0.3) is 0 Å². The fourth-order valence-corrected chi connectivity index (χ4v) is 1.32. The van der Waals surface area contributed by atoms with Crippen LogP contribution in [0.4, 0.5) is 5.69 Å². The van der Waals surface area contributed by atoms with E-state index in [1.807, 2.05) is 12.1 Å². The van der Waals surface area contributed by atoms with E-state index in [2.05, 4.69) is 13.8 Å². The van der Waals surface area contributed by atoms with E-state index in [1.165, 1.54) is 0 Å². The van der Waals surface area contributed by atoms with E-state index in [-0.39, 0.29) is 5.23 Å². The largest absolute Gasteiger partial charge is 0.264 e. The third-order valence-electron chi connectivity index (χ3n) is 1.84. The van der Waals surface area contributed by atoms with Crippen molar-refractivity contribution >= 4 is 5.69 Å². The summed E-state index contributed by atoms with van der Waals surface area (Å²) >= 11 is 0. The molecule has 1 aromatic rings. The summed E-state index contributed by atoms with van der Waals surface area (Å²) in [6.07, 6.45) is 0.841. The van der Waals surface area contributed by atoms with Gasteiger partial charge in [0, 0.05) is 0 Å². The summed E-state index contributed by atoms with van der Waals surface area (Å²) in [6.45, 7) is 4.19. The number of hydrogen-bond acceptors (Lipinski definition) is 3. The number of benzene rings is 1. The van der Waals surface area contributed by atoms with Crippen LogP contribution in [-0.4, -0.2) is 10.4 Å². The molecule has 0 saturated carbocycles. The zero-order valence-corrected chi connectivity index (χ0v) is 7.94. The molecule has 0 aromatic heterocycles. The van der Waals surface area contributed by atoms with Crippen LogP contribution in [0.3, 0.4) is 0 Å². The fourth-order valence-electron chi connectivity index (χ4n) is 1.32. The first kappa shape index (κ1) is 10.0. The Morgan fingerprint density at radius 2 is 1.85 bits per heavy atom. The third-order valence-corrected chi connectivity index (χ3v) is 1.84. The molecule has 72 valence electrons. The minimum Gasteiger partial charge on any atom is -0.264 e. The van der Waals surface area contributed by atoms with Gasteiger partial charge in [0.05, 0.1) is 5.69 Å². The molecular formula is C10H15NO2. The highest BCUT2D eigenvalue weighted by atomic mass is 16.8. The predicted molar refractivity (Wildman–Crippen MR) is 51.0 cm³/mol. The van der Waals surface area contributed by atoms with Gasteiger partial charge in [-0.1, -0.05) is 32.0 Å². The molecule has 3 nitrogen and oxygen atoms in total. The molecule has 13 heavy (non-hydrogen) atoms. The van der Waals surface area contributed by atoms with E-state index in [1.54, 1.807) is 12.1 Å². The average molecular weight is 181 g/mol. The Morgan fingerprint density at radius 3 is 2.38 bits per heavy atom. The summed E-state index contributed by atoms with van der Waals surface area (Å²) in [6, 6.07) is 7.25. The van der Waals surface area contributed by atoms with Gasteiger partial charge in [-0.05, 0) is 24.0 Å². The number of nitrogens with zero attached hydrogens (tertiary/aromatic N) is 1. The van der Waals surface area contributed by atoms with Gasteiger partial charge in [0.15, 0.2) is 0 Å². The zero-order chi connectivity index (χ0) is 9.84. The highest BCUT2D eigenvalue weighted by Crippen LogP contribution is 2.20. The molecular weight excluding hydrogens is 166 g/mol. The van der Waals surface area contributed by atoms with Crippen LogP contribution in [0.15, 0.2) is 24.3 Å². The number of anilines is 1. The van der Waals surface area contributed by atoms with Crippen LogP contribution in [0, 0.1) is 5.92 Å². The van der Waals surface area contributed by atoms with Crippen molar-refractivity contribution in [2.24, 2.45) is 5.92 Å². The van der Waals surface area contributed by atoms with Crippen LogP contribution in [-0.2, 0) is 6.42 Å². The second-order valence-electron chi connectivity index (χ2n) is 3.52. The molecule has 0 atom stereocenters. The molecule has 3 heteroatoms. The maximum absolute atomic E-state index is 8.91. The molecule has 0 saturated heterocycles. The number of hydrogen-bond donors (Lipinski definition) is 2. The monoisotopic (exact) mass is 181 g/mol. The van der Waals surface area contributed by atoms with E-state index in [0.29, 0.717) is 11.6 Å². The maximum Gasteiger partial charge on any atom is 0.0974 e. The molecule has 0 amide bonds. The fraction of sp³-hybridized carbons (Fsp3) is 0.400. The summed E-state index contributed by atoms with van der Waals surface area (Å²) in [5.41, 5.74) is 1.40. The summed E-state index contributed by atoms with van der Waals surface area (Å²) in [5, 5.41) is 18.0. The third kappa shape index (κ3) is 2.72. The zero-order valence-electron chi connectivity index (χ0n) is 7.94. The van der Waals surface area contributed by atoms with E-state index < -0.39 is 0 Å². The second-order valence-corrected chi connectivity index (χ2v) is 3.52. The van der Waals surface area contributed by atoms with Gasteiger partial charge in [-0.15, -0.1) is 5.23 Å². The average Bonchev–Trinajstić information content (AvgIpc) is 2.03. The van der Waals surface area contributed by atoms with Crippen molar-refractivity contribution in [3.8, 4) is 0 Å². The van der Waals surface area contributed by atoms with Crippen LogP contribution >= 0.6 is 0 Å². The summed E-state index contributed by atoms with van der Waals surface area (Å²) < 4.78 is 0. The van der Waals surface area contributed by atoms with Crippen molar-refractivity contribution in [1.82, 2.24) is 0 Å². The lowest BCUT2D eigenvalue weighted by molar-refractivity contribution is 0.0286. The molecule has 0 aliphatic heterocycles. The van der Waals surface area contributed by atoms with Crippen molar-refractivity contribution in [3.05, 3.63) is 29.8 Å². The van der Waals surface area contributed by atoms with Crippen LogP contribution in [0.25, 0.3) is 0 Å². The summed E-state index contributed by atoms with van der Waals surface area (Å²) in [5.74, 6) is 0.501. The van der Waals surface area contributed by atoms with Crippen molar-refractivity contribution < 1.29 is 10.4 Å². The Kier molecular flexibility index (Phi) is 3.28. The highest BCUT2D eigenvalue weighted by molar-refractivity contribution is 5.49. The first-order valence-corrected chi connectivity index (χ1v) is 4.37. The molecule has 0 unspecified atom stereocenters. The second kappa shape index (κ2) is 4.25. The lowest BCUT2D eigenvalue weighted by atomic mass is 10.0. The molecule has 0 fully saturated rings. The number of para-hydroxylation sites is 1. The van der Waals surface area contributed by atoms with Gasteiger partial charge in [-0.25, -0.2) is 0 Å². The van der Waals surface area contributed by atoms with Crippen molar-refractivity contribution in [2.45, 2.75) is 20.3 Å². The van der Waals surface area contributed by atoms with Gasteiger partial charge in [0.2, 0.25) is 0 Å². The Labute approximate surface area is 78.1 Å². The summed E-state index contributed by atoms with van der Waals surface area (Å²) in [7, 11) is 0. The van der Waals surface area contributed by atoms with Crippen molar-refractivity contribution in [3.63, 3.8) is 0 Å². The minimum atomic E-state index is 0.178. The molecule has 1 aromatic carbocycles. The maximum atomic E-state index is 8.91. The first-order chi connectivity index (χ1) is 6.11.